The number of hydrogen-bond donors (Lipinski definition) is 0. The second-order valence-electron chi connectivity index (χ2n) is 7.38. The Morgan fingerprint density at radius 1 is 0.562 bits per heavy atom. The van der Waals surface area contributed by atoms with Crippen molar-refractivity contribution in [3.05, 3.63) is 88.0 Å². The molecule has 0 amide bonds. The van der Waals surface area contributed by atoms with Gasteiger partial charge in [-0.15, -0.1) is 0 Å². The van der Waals surface area contributed by atoms with Gasteiger partial charge >= 0.3 is 12.4 Å². The summed E-state index contributed by atoms with van der Waals surface area (Å²) in [6.07, 6.45) is -9.75. The molecule has 0 saturated heterocycles. The van der Waals surface area contributed by atoms with Gasteiger partial charge in [0.25, 0.3) is 0 Å². The minimum Gasteiger partial charge on any atom is -0.207 e. The number of benzene rings is 3. The third kappa shape index (κ3) is 5.09. The van der Waals surface area contributed by atoms with Crippen LogP contribution in [0, 0.1) is 32.4 Å². The Hall–Kier alpha value is -2.55. The number of halogens is 8. The SMILES string of the molecule is Cc1cc(C)c([S+](c2cc(F)cc(C(F)(F)F)c2)c2cc(F)cc(C(F)(F)F)c2)c(C)c1. The third-order valence-corrected chi connectivity index (χ3v) is 7.14. The van der Waals surface area contributed by atoms with E-state index in [2.05, 4.69) is 0 Å². The molecular formula is C23H17F8S+. The molecule has 9 heteroatoms. The molecule has 170 valence electrons. The van der Waals surface area contributed by atoms with Crippen LogP contribution in [0.2, 0.25) is 0 Å². The molecule has 0 spiro atoms. The lowest BCUT2D eigenvalue weighted by molar-refractivity contribution is -0.138. The molecule has 0 saturated carbocycles. The molecule has 0 aliphatic heterocycles. The highest BCUT2D eigenvalue weighted by Crippen LogP contribution is 2.41. The Balaban J connectivity index is 2.38. The van der Waals surface area contributed by atoms with Gasteiger partial charge in [0.15, 0.2) is 14.7 Å². The van der Waals surface area contributed by atoms with Crippen molar-refractivity contribution in [3.63, 3.8) is 0 Å². The standard InChI is InChI=1S/C23H17F8S/c1-12-4-13(2)21(14(3)5-12)32(19-8-15(22(26,27)28)6-17(24)10-19)20-9-16(23(29,30)31)7-18(25)11-20/h4-11H,1-3H3/q+1. The molecule has 3 aromatic rings. The maximum Gasteiger partial charge on any atom is 0.416 e. The van der Waals surface area contributed by atoms with Crippen molar-refractivity contribution in [1.29, 1.82) is 0 Å². The van der Waals surface area contributed by atoms with Crippen LogP contribution in [-0.2, 0) is 23.2 Å². The first-order valence-corrected chi connectivity index (χ1v) is 10.5. The van der Waals surface area contributed by atoms with E-state index in [0.29, 0.717) is 40.3 Å². The van der Waals surface area contributed by atoms with Crippen LogP contribution in [0.3, 0.4) is 0 Å². The van der Waals surface area contributed by atoms with Crippen molar-refractivity contribution in [3.8, 4) is 0 Å². The average Bonchev–Trinajstić information content (AvgIpc) is 2.62. The van der Waals surface area contributed by atoms with Crippen LogP contribution in [0.25, 0.3) is 0 Å². The van der Waals surface area contributed by atoms with E-state index in [9.17, 15) is 35.1 Å². The number of aryl methyl sites for hydroxylation is 3. The van der Waals surface area contributed by atoms with Gasteiger partial charge in [0.2, 0.25) is 0 Å². The Labute approximate surface area is 182 Å². The summed E-state index contributed by atoms with van der Waals surface area (Å²) in [6.45, 7) is 5.10. The summed E-state index contributed by atoms with van der Waals surface area (Å²) in [5.74, 6) is -2.38. The van der Waals surface area contributed by atoms with Crippen molar-refractivity contribution in [1.82, 2.24) is 0 Å². The Bertz CT molecular complexity index is 1080. The van der Waals surface area contributed by atoms with Gasteiger partial charge in [0.05, 0.1) is 11.1 Å². The van der Waals surface area contributed by atoms with Gasteiger partial charge in [0.1, 0.15) is 22.5 Å². The van der Waals surface area contributed by atoms with Crippen molar-refractivity contribution in [2.24, 2.45) is 0 Å². The fourth-order valence-corrected chi connectivity index (χ4v) is 6.00. The quantitative estimate of drug-likeness (QED) is 0.265. The van der Waals surface area contributed by atoms with Gasteiger partial charge in [-0.3, -0.25) is 0 Å². The first-order valence-electron chi connectivity index (χ1n) is 9.24. The summed E-state index contributed by atoms with van der Waals surface area (Å²) in [4.78, 5) is 0.00486. The van der Waals surface area contributed by atoms with E-state index in [4.69, 9.17) is 0 Å². The molecule has 0 fully saturated rings. The van der Waals surface area contributed by atoms with Crippen molar-refractivity contribution >= 4 is 10.9 Å². The molecule has 0 heterocycles. The van der Waals surface area contributed by atoms with Crippen LogP contribution in [0.4, 0.5) is 35.1 Å². The molecular weight excluding hydrogens is 460 g/mol. The summed E-state index contributed by atoms with van der Waals surface area (Å²) in [6, 6.07) is 7.14. The molecule has 0 nitrogen and oxygen atoms in total. The van der Waals surface area contributed by atoms with Crippen LogP contribution in [-0.4, -0.2) is 0 Å². The molecule has 0 aliphatic carbocycles. The molecule has 0 aliphatic rings. The predicted octanol–water partition coefficient (Wildman–Crippen LogP) is 8.02. The third-order valence-electron chi connectivity index (χ3n) is 4.68. The van der Waals surface area contributed by atoms with Crippen LogP contribution in [0.15, 0.2) is 63.2 Å². The van der Waals surface area contributed by atoms with E-state index in [1.54, 1.807) is 32.9 Å². The maximum atomic E-state index is 14.2. The first-order chi connectivity index (χ1) is 14.7. The summed E-state index contributed by atoms with van der Waals surface area (Å²) in [5.41, 5.74) is -0.555. The van der Waals surface area contributed by atoms with E-state index in [0.717, 1.165) is 17.7 Å². The second-order valence-corrected chi connectivity index (χ2v) is 9.34. The number of rotatable bonds is 3. The van der Waals surface area contributed by atoms with Crippen LogP contribution in [0.5, 0.6) is 0 Å². The Kier molecular flexibility index (Phi) is 6.34. The van der Waals surface area contributed by atoms with Crippen molar-refractivity contribution in [2.45, 2.75) is 47.8 Å². The Morgan fingerprint density at radius 2 is 0.938 bits per heavy atom. The second kappa shape index (κ2) is 8.42. The zero-order valence-corrected chi connectivity index (χ0v) is 17.9. The largest absolute Gasteiger partial charge is 0.416 e. The van der Waals surface area contributed by atoms with Crippen molar-refractivity contribution in [2.75, 3.05) is 0 Å². The van der Waals surface area contributed by atoms with Crippen LogP contribution in [0.1, 0.15) is 27.8 Å². The molecule has 3 rings (SSSR count). The van der Waals surface area contributed by atoms with Gasteiger partial charge < -0.3 is 0 Å². The maximum absolute atomic E-state index is 14.2. The highest BCUT2D eigenvalue weighted by atomic mass is 32.2. The Morgan fingerprint density at radius 3 is 1.28 bits per heavy atom. The minimum atomic E-state index is -4.87. The van der Waals surface area contributed by atoms with Gasteiger partial charge in [0, 0.05) is 35.4 Å². The molecule has 0 radical (unpaired) electrons. The fraction of sp³-hybridized carbons (Fsp3) is 0.217. The molecule has 0 aromatic heterocycles. The van der Waals surface area contributed by atoms with E-state index in [-0.39, 0.29) is 9.79 Å². The molecule has 0 atom stereocenters. The summed E-state index contributed by atoms with van der Waals surface area (Å²) in [7, 11) is -1.64. The summed E-state index contributed by atoms with van der Waals surface area (Å²) in [5, 5.41) is 0. The average molecular weight is 477 g/mol. The first kappa shape index (κ1) is 24.1. The summed E-state index contributed by atoms with van der Waals surface area (Å²) < 4.78 is 108. The highest BCUT2D eigenvalue weighted by molar-refractivity contribution is 7.97. The molecule has 3 aromatic carbocycles. The van der Waals surface area contributed by atoms with Gasteiger partial charge in [-0.2, -0.15) is 26.3 Å². The topological polar surface area (TPSA) is 0 Å². The molecule has 32 heavy (non-hydrogen) atoms. The highest BCUT2D eigenvalue weighted by Gasteiger charge is 2.40. The van der Waals surface area contributed by atoms with Crippen LogP contribution < -0.4 is 0 Å². The van der Waals surface area contributed by atoms with Gasteiger partial charge in [-0.1, -0.05) is 17.7 Å². The molecule has 0 N–H and O–H groups in total. The normalized spacial score (nSPS) is 12.5. The van der Waals surface area contributed by atoms with E-state index in [1.807, 2.05) is 0 Å². The van der Waals surface area contributed by atoms with Gasteiger partial charge in [-0.05, 0) is 32.9 Å². The number of hydrogen-bond acceptors (Lipinski definition) is 0. The lowest BCUT2D eigenvalue weighted by Crippen LogP contribution is -2.14. The zero-order chi connectivity index (χ0) is 24.0. The monoisotopic (exact) mass is 477 g/mol. The summed E-state index contributed by atoms with van der Waals surface area (Å²) >= 11 is 0. The fourth-order valence-electron chi connectivity index (χ4n) is 3.55. The lowest BCUT2D eigenvalue weighted by Gasteiger charge is -2.16. The lowest BCUT2D eigenvalue weighted by atomic mass is 10.1. The van der Waals surface area contributed by atoms with E-state index < -0.39 is 46.0 Å². The zero-order valence-electron chi connectivity index (χ0n) is 17.1. The smallest absolute Gasteiger partial charge is 0.207 e. The predicted molar refractivity (Wildman–Crippen MR) is 106 cm³/mol. The van der Waals surface area contributed by atoms with E-state index >= 15 is 0 Å². The van der Waals surface area contributed by atoms with Crippen LogP contribution >= 0.6 is 0 Å². The van der Waals surface area contributed by atoms with Crippen molar-refractivity contribution < 1.29 is 35.1 Å². The number of alkyl halides is 6. The van der Waals surface area contributed by atoms with E-state index in [1.165, 1.54) is 0 Å². The minimum absolute atomic E-state index is 0.203. The van der Waals surface area contributed by atoms with Gasteiger partial charge in [-0.25, -0.2) is 8.78 Å². The molecule has 0 unspecified atom stereocenters. The molecule has 0 bridgehead atoms.